The van der Waals surface area contributed by atoms with Crippen LogP contribution in [0.4, 0.5) is 32.3 Å². The molecule has 0 radical (unpaired) electrons. The van der Waals surface area contributed by atoms with E-state index in [0.29, 0.717) is 73.0 Å². The van der Waals surface area contributed by atoms with Gasteiger partial charge in [0.2, 0.25) is 11.9 Å². The van der Waals surface area contributed by atoms with Crippen LogP contribution in [0, 0.1) is 11.3 Å². The number of rotatable bonds is 10. The van der Waals surface area contributed by atoms with E-state index in [2.05, 4.69) is 9.97 Å². The number of aliphatic hydroxyl groups excluding tert-OH is 3. The van der Waals surface area contributed by atoms with Crippen LogP contribution in [0.2, 0.25) is 0 Å². The van der Waals surface area contributed by atoms with Crippen molar-refractivity contribution >= 4 is 30.8 Å². The van der Waals surface area contributed by atoms with Gasteiger partial charge in [-0.05, 0) is 73.1 Å². The van der Waals surface area contributed by atoms with Crippen LogP contribution in [0.15, 0.2) is 36.7 Å². The van der Waals surface area contributed by atoms with Gasteiger partial charge in [-0.15, -0.1) is 24.8 Å². The first kappa shape index (κ1) is 43.8. The Hall–Kier alpha value is -2.91. The number of aromatic nitrogens is 3. The van der Waals surface area contributed by atoms with Crippen LogP contribution in [-0.2, 0) is 12.6 Å². The van der Waals surface area contributed by atoms with E-state index in [1.54, 1.807) is 0 Å². The molecule has 8 nitrogen and oxygen atoms in total. The molecule has 3 heterocycles. The number of alkyl halides is 6. The van der Waals surface area contributed by atoms with E-state index in [1.807, 2.05) is 18.7 Å². The van der Waals surface area contributed by atoms with Crippen molar-refractivity contribution in [1.29, 1.82) is 0 Å². The van der Waals surface area contributed by atoms with E-state index < -0.39 is 41.8 Å². The van der Waals surface area contributed by atoms with Crippen LogP contribution in [0.1, 0.15) is 122 Å². The maximum absolute atomic E-state index is 17.2. The van der Waals surface area contributed by atoms with E-state index in [4.69, 9.17) is 9.72 Å². The minimum absolute atomic E-state index is 0. The Labute approximate surface area is 323 Å². The van der Waals surface area contributed by atoms with Crippen molar-refractivity contribution in [2.75, 3.05) is 37.8 Å². The lowest BCUT2D eigenvalue weighted by Gasteiger charge is -2.41. The van der Waals surface area contributed by atoms with Gasteiger partial charge in [0.1, 0.15) is 0 Å². The number of anilines is 1. The van der Waals surface area contributed by atoms with E-state index in [-0.39, 0.29) is 92.8 Å². The molecule has 300 valence electrons. The molecule has 0 bridgehead atoms. The normalized spacial score (nSPS) is 20.8. The number of ether oxygens (including phenoxy) is 1. The first-order valence-corrected chi connectivity index (χ1v) is 17.9. The monoisotopic (exact) mass is 808 g/mol. The van der Waals surface area contributed by atoms with E-state index >= 15 is 4.39 Å². The largest absolute Gasteiger partial charge is 0.490 e. The van der Waals surface area contributed by atoms with Crippen LogP contribution in [0.25, 0.3) is 0 Å². The Morgan fingerprint density at radius 1 is 0.907 bits per heavy atom. The fourth-order valence-electron chi connectivity index (χ4n) is 7.99. The molecule has 1 saturated carbocycles. The Balaban J connectivity index is 0.00000325. The Kier molecular flexibility index (Phi) is 14.2. The molecule has 6 rings (SSSR count). The van der Waals surface area contributed by atoms with Crippen LogP contribution >= 0.6 is 24.8 Å². The van der Waals surface area contributed by atoms with Crippen LogP contribution in [-0.4, -0.2) is 69.1 Å². The van der Waals surface area contributed by atoms with E-state index in [9.17, 15) is 37.3 Å². The second-order valence-corrected chi connectivity index (χ2v) is 15.4. The van der Waals surface area contributed by atoms with Gasteiger partial charge in [0.05, 0.1) is 49.6 Å². The van der Waals surface area contributed by atoms with E-state index in [0.717, 1.165) is 24.3 Å². The minimum atomic E-state index is -4.60. The molecule has 2 fully saturated rings. The molecule has 1 aromatic carbocycles. The molecule has 0 unspecified atom stereocenters. The zero-order valence-electron chi connectivity index (χ0n) is 30.2. The highest BCUT2D eigenvalue weighted by Gasteiger charge is 2.44. The SMILES string of the molecule is CC1(C)Cc2nc(C3CCN(c4ncc(OCC(CO)CO)cn4)CC3)c([C@@H](F)c3ccc(C(F)(F)F)cc3)c(C3CCC(F)(F)CC3)c2[C@@H](O)C1.Cl.Cl. The molecular formula is C38H48Cl2F6N4O4. The van der Waals surface area contributed by atoms with Crippen molar-refractivity contribution in [1.82, 2.24) is 15.0 Å². The second-order valence-electron chi connectivity index (χ2n) is 15.4. The Bertz CT molecular complexity index is 1680. The number of hydrogen-bond acceptors (Lipinski definition) is 8. The summed E-state index contributed by atoms with van der Waals surface area (Å²) in [5.41, 5.74) is 1.03. The molecule has 3 aliphatic rings. The van der Waals surface area contributed by atoms with Gasteiger partial charge in [0, 0.05) is 54.6 Å². The zero-order valence-corrected chi connectivity index (χ0v) is 31.8. The lowest BCUT2D eigenvalue weighted by molar-refractivity contribution is -0.137. The molecule has 3 aromatic rings. The lowest BCUT2D eigenvalue weighted by Crippen LogP contribution is -2.36. The molecule has 2 aliphatic carbocycles. The fraction of sp³-hybridized carbons (Fsp3) is 0.605. The Morgan fingerprint density at radius 3 is 2.06 bits per heavy atom. The lowest BCUT2D eigenvalue weighted by atomic mass is 9.68. The number of hydrogen-bond donors (Lipinski definition) is 3. The number of nitrogens with zero attached hydrogens (tertiary/aromatic N) is 4. The predicted octanol–water partition coefficient (Wildman–Crippen LogP) is 8.46. The van der Waals surface area contributed by atoms with Crippen LogP contribution < -0.4 is 9.64 Å². The van der Waals surface area contributed by atoms with E-state index in [1.165, 1.54) is 12.4 Å². The molecule has 1 aliphatic heterocycles. The first-order chi connectivity index (χ1) is 24.6. The number of pyridine rings is 1. The highest BCUT2D eigenvalue weighted by molar-refractivity contribution is 5.85. The maximum Gasteiger partial charge on any atom is 0.416 e. The molecule has 0 spiro atoms. The van der Waals surface area contributed by atoms with Gasteiger partial charge in [-0.3, -0.25) is 4.98 Å². The van der Waals surface area contributed by atoms with Crippen molar-refractivity contribution in [3.05, 3.63) is 75.9 Å². The fourth-order valence-corrected chi connectivity index (χ4v) is 7.99. The number of fused-ring (bicyclic) bond motifs is 1. The van der Waals surface area contributed by atoms with Gasteiger partial charge < -0.3 is 25.0 Å². The number of piperidine rings is 1. The third-order valence-electron chi connectivity index (χ3n) is 10.8. The van der Waals surface area contributed by atoms with Gasteiger partial charge in [-0.2, -0.15) is 13.2 Å². The van der Waals surface area contributed by atoms with Gasteiger partial charge in [-0.1, -0.05) is 26.0 Å². The van der Waals surface area contributed by atoms with Gasteiger partial charge in [-0.25, -0.2) is 23.1 Å². The summed E-state index contributed by atoms with van der Waals surface area (Å²) in [7, 11) is 0. The standard InChI is InChI=1S/C38H46F6N4O4.2ClH/c1-36(2)15-28-31(29(51)16-36)30(23-7-11-37(40,41)12-8-23)32(33(39)24-3-5-26(6-4-24)38(42,43)44)34(47-28)25-9-13-48(14-10-25)35-45-17-27(18-46-35)52-21-22(19-49)20-50;;/h3-6,17-18,22-23,25,29,33,49-51H,7-16,19-21H2,1-2H3;2*1H/t29-,33-;;/m0../s1. The van der Waals surface area contributed by atoms with Crippen LogP contribution in [0.3, 0.4) is 0 Å². The second kappa shape index (κ2) is 17.5. The summed E-state index contributed by atoms with van der Waals surface area (Å²) < 4.78 is 92.1. The number of benzene rings is 1. The third kappa shape index (κ3) is 9.72. The van der Waals surface area contributed by atoms with Crippen molar-refractivity contribution in [3.63, 3.8) is 0 Å². The molecule has 54 heavy (non-hydrogen) atoms. The minimum Gasteiger partial charge on any atom is -0.490 e. The topological polar surface area (TPSA) is 112 Å². The van der Waals surface area contributed by atoms with Gasteiger partial charge in [0.25, 0.3) is 0 Å². The molecule has 0 amide bonds. The predicted molar refractivity (Wildman–Crippen MR) is 196 cm³/mol. The molecule has 16 heteroatoms. The summed E-state index contributed by atoms with van der Waals surface area (Å²) in [6, 6.07) is 3.93. The van der Waals surface area contributed by atoms with Gasteiger partial charge >= 0.3 is 6.18 Å². The first-order valence-electron chi connectivity index (χ1n) is 17.9. The summed E-state index contributed by atoms with van der Waals surface area (Å²) in [4.78, 5) is 15.9. The summed E-state index contributed by atoms with van der Waals surface area (Å²) in [6.45, 7) is 4.64. The summed E-state index contributed by atoms with van der Waals surface area (Å²) in [5.74, 6) is -3.20. The third-order valence-corrected chi connectivity index (χ3v) is 10.8. The number of aliphatic hydroxyl groups is 3. The average Bonchev–Trinajstić information content (AvgIpc) is 3.10. The molecule has 2 aromatic heterocycles. The van der Waals surface area contributed by atoms with Crippen molar-refractivity contribution in [2.24, 2.45) is 11.3 Å². The Morgan fingerprint density at radius 2 is 1.50 bits per heavy atom. The van der Waals surface area contributed by atoms with Crippen molar-refractivity contribution < 1.29 is 46.4 Å². The average molecular weight is 810 g/mol. The quantitative estimate of drug-likeness (QED) is 0.175. The highest BCUT2D eigenvalue weighted by atomic mass is 35.5. The highest BCUT2D eigenvalue weighted by Crippen LogP contribution is 2.52. The van der Waals surface area contributed by atoms with Crippen LogP contribution in [0.5, 0.6) is 5.75 Å². The molecular weight excluding hydrogens is 761 g/mol. The molecule has 3 N–H and O–H groups in total. The zero-order chi connectivity index (χ0) is 37.4. The van der Waals surface area contributed by atoms with Gasteiger partial charge in [0.15, 0.2) is 11.9 Å². The van der Waals surface area contributed by atoms with Crippen molar-refractivity contribution in [3.8, 4) is 5.75 Å². The number of halogens is 8. The summed E-state index contributed by atoms with van der Waals surface area (Å²) >= 11 is 0. The molecule has 2 atom stereocenters. The summed E-state index contributed by atoms with van der Waals surface area (Å²) in [5, 5.41) is 30.2. The maximum atomic E-state index is 17.2. The summed E-state index contributed by atoms with van der Waals surface area (Å²) in [6.07, 6.45) is -3.18. The smallest absolute Gasteiger partial charge is 0.416 e. The molecule has 1 saturated heterocycles. The van der Waals surface area contributed by atoms with Crippen molar-refractivity contribution in [2.45, 2.75) is 101 Å².